The van der Waals surface area contributed by atoms with E-state index in [2.05, 4.69) is 23.7 Å². The average Bonchev–Trinajstić information content (AvgIpc) is 2.52. The van der Waals surface area contributed by atoms with Gasteiger partial charge in [0, 0.05) is 11.4 Å². The van der Waals surface area contributed by atoms with Crippen molar-refractivity contribution in [2.45, 2.75) is 13.3 Å². The van der Waals surface area contributed by atoms with Gasteiger partial charge in [0.15, 0.2) is 0 Å². The van der Waals surface area contributed by atoms with Gasteiger partial charge in [-0.3, -0.25) is 4.79 Å². The Labute approximate surface area is 81.9 Å². The van der Waals surface area contributed by atoms with Crippen molar-refractivity contribution < 1.29 is 4.79 Å². The number of nitrogens with one attached hydrogen (secondary N) is 1. The lowest BCUT2D eigenvalue weighted by Crippen LogP contribution is -2.31. The SMILES string of the molecule is Cc1ccsc1CCNC(=O)CN. The van der Waals surface area contributed by atoms with Crippen LogP contribution in [0.2, 0.25) is 0 Å². The van der Waals surface area contributed by atoms with Crippen LogP contribution in [0.1, 0.15) is 10.4 Å². The second-order valence-electron chi connectivity index (χ2n) is 2.83. The van der Waals surface area contributed by atoms with Crippen LogP contribution in [-0.2, 0) is 11.2 Å². The predicted molar refractivity (Wildman–Crippen MR) is 54.8 cm³/mol. The van der Waals surface area contributed by atoms with Crippen LogP contribution < -0.4 is 11.1 Å². The van der Waals surface area contributed by atoms with E-state index in [9.17, 15) is 4.79 Å². The minimum Gasteiger partial charge on any atom is -0.355 e. The Morgan fingerprint density at radius 3 is 3.00 bits per heavy atom. The molecule has 3 nitrogen and oxygen atoms in total. The molecule has 0 aliphatic rings. The maximum Gasteiger partial charge on any atom is 0.233 e. The van der Waals surface area contributed by atoms with Crippen LogP contribution in [0.4, 0.5) is 0 Å². The third-order valence-corrected chi connectivity index (χ3v) is 2.91. The summed E-state index contributed by atoms with van der Waals surface area (Å²) in [6.45, 7) is 2.83. The Morgan fingerprint density at radius 2 is 2.46 bits per heavy atom. The van der Waals surface area contributed by atoms with E-state index in [1.165, 1.54) is 10.4 Å². The van der Waals surface area contributed by atoms with Gasteiger partial charge >= 0.3 is 0 Å². The van der Waals surface area contributed by atoms with E-state index < -0.39 is 0 Å². The van der Waals surface area contributed by atoms with E-state index >= 15 is 0 Å². The minimum atomic E-state index is -0.0887. The molecule has 0 saturated heterocycles. The molecular formula is C9H14N2OS. The highest BCUT2D eigenvalue weighted by atomic mass is 32.1. The molecule has 0 aromatic carbocycles. The zero-order valence-electron chi connectivity index (χ0n) is 7.67. The summed E-state index contributed by atoms with van der Waals surface area (Å²) in [7, 11) is 0. The van der Waals surface area contributed by atoms with E-state index in [1.807, 2.05) is 0 Å². The van der Waals surface area contributed by atoms with Crippen LogP contribution in [0.15, 0.2) is 11.4 Å². The molecule has 1 rings (SSSR count). The summed E-state index contributed by atoms with van der Waals surface area (Å²) in [6, 6.07) is 2.09. The Balaban J connectivity index is 2.28. The number of hydrogen-bond acceptors (Lipinski definition) is 3. The van der Waals surface area contributed by atoms with Crippen LogP contribution >= 0.6 is 11.3 Å². The van der Waals surface area contributed by atoms with Gasteiger partial charge in [-0.2, -0.15) is 0 Å². The van der Waals surface area contributed by atoms with Crippen molar-refractivity contribution >= 4 is 17.2 Å². The van der Waals surface area contributed by atoms with Gasteiger partial charge in [-0.1, -0.05) is 0 Å². The lowest BCUT2D eigenvalue weighted by molar-refractivity contribution is -0.119. The fraction of sp³-hybridized carbons (Fsp3) is 0.444. The molecule has 0 radical (unpaired) electrons. The fourth-order valence-electron chi connectivity index (χ4n) is 1.05. The van der Waals surface area contributed by atoms with Gasteiger partial charge in [0.2, 0.25) is 5.91 Å². The molecule has 72 valence electrons. The van der Waals surface area contributed by atoms with Crippen LogP contribution in [0.25, 0.3) is 0 Å². The van der Waals surface area contributed by atoms with E-state index in [4.69, 9.17) is 5.73 Å². The van der Waals surface area contributed by atoms with Gasteiger partial charge in [-0.25, -0.2) is 0 Å². The lowest BCUT2D eigenvalue weighted by Gasteiger charge is -2.02. The summed E-state index contributed by atoms with van der Waals surface area (Å²) >= 11 is 1.73. The second kappa shape index (κ2) is 4.99. The van der Waals surface area contributed by atoms with Crippen molar-refractivity contribution in [1.82, 2.24) is 5.32 Å². The lowest BCUT2D eigenvalue weighted by atomic mass is 10.2. The van der Waals surface area contributed by atoms with E-state index in [0.29, 0.717) is 6.54 Å². The van der Waals surface area contributed by atoms with Gasteiger partial charge in [0.25, 0.3) is 0 Å². The first-order valence-electron chi connectivity index (χ1n) is 4.23. The van der Waals surface area contributed by atoms with Crippen molar-refractivity contribution in [1.29, 1.82) is 0 Å². The Kier molecular flexibility index (Phi) is 3.92. The molecule has 0 fully saturated rings. The first-order valence-corrected chi connectivity index (χ1v) is 5.11. The molecule has 1 aromatic rings. The smallest absolute Gasteiger partial charge is 0.233 e. The zero-order valence-corrected chi connectivity index (χ0v) is 8.49. The molecule has 1 amide bonds. The molecule has 0 spiro atoms. The van der Waals surface area contributed by atoms with Crippen LogP contribution in [0, 0.1) is 6.92 Å². The zero-order chi connectivity index (χ0) is 9.68. The first kappa shape index (κ1) is 10.2. The molecule has 0 aliphatic heterocycles. The van der Waals surface area contributed by atoms with Crippen molar-refractivity contribution in [3.8, 4) is 0 Å². The summed E-state index contributed by atoms with van der Waals surface area (Å²) in [5.41, 5.74) is 6.45. The second-order valence-corrected chi connectivity index (χ2v) is 3.83. The molecule has 0 atom stereocenters. The van der Waals surface area contributed by atoms with Crippen molar-refractivity contribution in [2.75, 3.05) is 13.1 Å². The highest BCUT2D eigenvalue weighted by Crippen LogP contribution is 2.15. The molecule has 0 unspecified atom stereocenters. The molecule has 3 N–H and O–H groups in total. The normalized spacial score (nSPS) is 10.0. The van der Waals surface area contributed by atoms with Crippen molar-refractivity contribution in [3.63, 3.8) is 0 Å². The Hall–Kier alpha value is -0.870. The number of nitrogens with two attached hydrogens (primary N) is 1. The van der Waals surface area contributed by atoms with Gasteiger partial charge < -0.3 is 11.1 Å². The number of amides is 1. The van der Waals surface area contributed by atoms with Gasteiger partial charge in [0.1, 0.15) is 0 Å². The molecule has 0 aliphatic carbocycles. The minimum absolute atomic E-state index is 0.0728. The number of rotatable bonds is 4. The number of hydrogen-bond donors (Lipinski definition) is 2. The molecule has 4 heteroatoms. The standard InChI is InChI=1S/C9H14N2OS/c1-7-3-5-13-8(7)2-4-11-9(12)6-10/h3,5H,2,4,6,10H2,1H3,(H,11,12). The summed E-state index contributed by atoms with van der Waals surface area (Å²) in [5.74, 6) is -0.0887. The quantitative estimate of drug-likeness (QED) is 0.747. The topological polar surface area (TPSA) is 55.1 Å². The number of carbonyl (C=O) groups is 1. The third kappa shape index (κ3) is 3.16. The Bertz CT molecular complexity index is 283. The van der Waals surface area contributed by atoms with Crippen molar-refractivity contribution in [3.05, 3.63) is 21.9 Å². The third-order valence-electron chi connectivity index (χ3n) is 1.83. The number of thiophene rings is 1. The Morgan fingerprint density at radius 1 is 1.69 bits per heavy atom. The molecule has 1 heterocycles. The van der Waals surface area contributed by atoms with E-state index in [0.717, 1.165) is 6.42 Å². The van der Waals surface area contributed by atoms with Crippen LogP contribution in [0.5, 0.6) is 0 Å². The number of carbonyl (C=O) groups excluding carboxylic acids is 1. The van der Waals surface area contributed by atoms with Gasteiger partial charge in [-0.05, 0) is 30.4 Å². The van der Waals surface area contributed by atoms with E-state index in [1.54, 1.807) is 11.3 Å². The van der Waals surface area contributed by atoms with Gasteiger partial charge in [0.05, 0.1) is 6.54 Å². The summed E-state index contributed by atoms with van der Waals surface area (Å²) in [6.07, 6.45) is 0.898. The number of aryl methyl sites for hydroxylation is 1. The fourth-order valence-corrected chi connectivity index (χ4v) is 1.96. The summed E-state index contributed by atoms with van der Waals surface area (Å²) < 4.78 is 0. The highest BCUT2D eigenvalue weighted by Gasteiger charge is 2.00. The summed E-state index contributed by atoms with van der Waals surface area (Å²) in [4.78, 5) is 12.1. The molecule has 13 heavy (non-hydrogen) atoms. The predicted octanol–water partition coefficient (Wildman–Crippen LogP) is 0.674. The van der Waals surface area contributed by atoms with E-state index in [-0.39, 0.29) is 12.5 Å². The molecule has 0 bridgehead atoms. The van der Waals surface area contributed by atoms with Crippen LogP contribution in [0.3, 0.4) is 0 Å². The van der Waals surface area contributed by atoms with Crippen molar-refractivity contribution in [2.24, 2.45) is 5.73 Å². The maximum atomic E-state index is 10.8. The first-order chi connectivity index (χ1) is 6.24. The molecule has 1 aromatic heterocycles. The molecule has 0 saturated carbocycles. The molecular weight excluding hydrogens is 184 g/mol. The van der Waals surface area contributed by atoms with Gasteiger partial charge in [-0.15, -0.1) is 11.3 Å². The van der Waals surface area contributed by atoms with Crippen LogP contribution in [-0.4, -0.2) is 19.0 Å². The monoisotopic (exact) mass is 198 g/mol. The average molecular weight is 198 g/mol. The largest absolute Gasteiger partial charge is 0.355 e. The maximum absolute atomic E-state index is 10.8. The summed E-state index contributed by atoms with van der Waals surface area (Å²) in [5, 5.41) is 4.81. The highest BCUT2D eigenvalue weighted by molar-refractivity contribution is 7.10.